The van der Waals surface area contributed by atoms with E-state index in [0.29, 0.717) is 12.8 Å². The Bertz CT molecular complexity index is 505. The summed E-state index contributed by atoms with van der Waals surface area (Å²) in [7, 11) is 0. The highest BCUT2D eigenvalue weighted by atomic mass is 16.5. The fourth-order valence-corrected chi connectivity index (χ4v) is 5.53. The van der Waals surface area contributed by atoms with Crippen LogP contribution in [-0.2, 0) is 14.3 Å². The third kappa shape index (κ3) is 19.2. The second kappa shape index (κ2) is 24.4. The van der Waals surface area contributed by atoms with Gasteiger partial charge in [-0.1, -0.05) is 84.0 Å². The predicted molar refractivity (Wildman–Crippen MR) is 150 cm³/mol. The molecular weight excluding hydrogens is 450 g/mol. The van der Waals surface area contributed by atoms with Crippen molar-refractivity contribution in [2.45, 2.75) is 154 Å². The predicted octanol–water partition coefficient (Wildman–Crippen LogP) is 7.62. The average Bonchev–Trinajstić information content (AvgIpc) is 2.88. The Balaban J connectivity index is 1.92. The van der Waals surface area contributed by atoms with Crippen LogP contribution in [0.15, 0.2) is 0 Å². The van der Waals surface area contributed by atoms with Crippen molar-refractivity contribution < 1.29 is 19.4 Å². The van der Waals surface area contributed by atoms with Crippen LogP contribution in [0.3, 0.4) is 0 Å². The topological polar surface area (TPSA) is 66.8 Å². The molecule has 1 saturated carbocycles. The number of nitrogens with zero attached hydrogens (tertiary/aromatic N) is 1. The molecule has 212 valence electrons. The molecule has 0 aliphatic heterocycles. The van der Waals surface area contributed by atoms with Crippen molar-refractivity contribution in [1.82, 2.24) is 4.90 Å². The van der Waals surface area contributed by atoms with E-state index in [1.807, 2.05) is 0 Å². The maximum absolute atomic E-state index is 12.2. The largest absolute Gasteiger partial charge is 0.462 e. The molecular formula is C31H59NO4. The zero-order chi connectivity index (χ0) is 26.1. The average molecular weight is 510 g/mol. The molecule has 1 N–H and O–H groups in total. The minimum Gasteiger partial charge on any atom is -0.462 e. The summed E-state index contributed by atoms with van der Waals surface area (Å²) in [4.78, 5) is 24.9. The van der Waals surface area contributed by atoms with E-state index in [9.17, 15) is 14.7 Å². The molecule has 0 saturated heterocycles. The lowest BCUT2D eigenvalue weighted by Gasteiger charge is -2.28. The summed E-state index contributed by atoms with van der Waals surface area (Å²) in [5.74, 6) is 0.883. The van der Waals surface area contributed by atoms with Crippen molar-refractivity contribution in [1.29, 1.82) is 0 Å². The van der Waals surface area contributed by atoms with Crippen molar-refractivity contribution in [2.24, 2.45) is 5.92 Å². The lowest BCUT2D eigenvalue weighted by atomic mass is 9.84. The third-order valence-corrected chi connectivity index (χ3v) is 7.88. The summed E-state index contributed by atoms with van der Waals surface area (Å²) in [5.41, 5.74) is 0. The summed E-state index contributed by atoms with van der Waals surface area (Å²) in [5, 5.41) is 9.33. The van der Waals surface area contributed by atoms with Crippen molar-refractivity contribution in [3.05, 3.63) is 0 Å². The number of ether oxygens (including phenoxy) is 1. The minimum atomic E-state index is 0.0226. The van der Waals surface area contributed by atoms with Crippen molar-refractivity contribution in [3.63, 3.8) is 0 Å². The molecule has 0 aromatic heterocycles. The second-order valence-electron chi connectivity index (χ2n) is 11.1. The van der Waals surface area contributed by atoms with Crippen LogP contribution in [-0.4, -0.2) is 54.6 Å². The summed E-state index contributed by atoms with van der Waals surface area (Å²) in [6.07, 6.45) is 26.5. The number of hydrogen-bond donors (Lipinski definition) is 1. The monoisotopic (exact) mass is 509 g/mol. The van der Waals surface area contributed by atoms with Crippen molar-refractivity contribution in [2.75, 3.05) is 26.2 Å². The van der Waals surface area contributed by atoms with Crippen LogP contribution < -0.4 is 0 Å². The van der Waals surface area contributed by atoms with Crippen molar-refractivity contribution in [3.8, 4) is 0 Å². The molecule has 1 fully saturated rings. The third-order valence-electron chi connectivity index (χ3n) is 7.88. The maximum Gasteiger partial charge on any atom is 0.306 e. The maximum atomic E-state index is 12.2. The quantitative estimate of drug-likeness (QED) is 0.0778. The Morgan fingerprint density at radius 3 is 1.94 bits per heavy atom. The van der Waals surface area contributed by atoms with E-state index in [2.05, 4.69) is 11.8 Å². The first kappa shape index (κ1) is 33.1. The highest BCUT2D eigenvalue weighted by Crippen LogP contribution is 2.30. The van der Waals surface area contributed by atoms with Gasteiger partial charge in [-0.2, -0.15) is 0 Å². The van der Waals surface area contributed by atoms with Gasteiger partial charge in [0.05, 0.1) is 6.61 Å². The number of hydrogen-bond acceptors (Lipinski definition) is 5. The lowest BCUT2D eigenvalue weighted by molar-refractivity contribution is -0.151. The Hall–Kier alpha value is -0.940. The van der Waals surface area contributed by atoms with Crippen LogP contribution in [0.5, 0.6) is 0 Å². The summed E-state index contributed by atoms with van der Waals surface area (Å²) >= 11 is 0. The summed E-state index contributed by atoms with van der Waals surface area (Å²) < 4.78 is 5.75. The van der Waals surface area contributed by atoms with Crippen LogP contribution in [0.1, 0.15) is 148 Å². The van der Waals surface area contributed by atoms with Gasteiger partial charge in [-0.05, 0) is 70.4 Å². The van der Waals surface area contributed by atoms with Gasteiger partial charge in [-0.25, -0.2) is 0 Å². The van der Waals surface area contributed by atoms with E-state index in [1.165, 1.54) is 89.9 Å². The first-order valence-electron chi connectivity index (χ1n) is 15.7. The number of carbonyl (C=O) groups excluding carboxylic acids is 2. The Morgan fingerprint density at radius 1 is 0.778 bits per heavy atom. The number of rotatable bonds is 25. The molecule has 0 aromatic rings. The molecule has 36 heavy (non-hydrogen) atoms. The highest BCUT2D eigenvalue weighted by molar-refractivity contribution is 5.69. The molecule has 0 bridgehead atoms. The van der Waals surface area contributed by atoms with Crippen molar-refractivity contribution >= 4 is 12.3 Å². The van der Waals surface area contributed by atoms with Gasteiger partial charge in [0, 0.05) is 19.4 Å². The number of carbonyl (C=O) groups is 2. The fraction of sp³-hybridized carbons (Fsp3) is 0.935. The second-order valence-corrected chi connectivity index (χ2v) is 11.1. The van der Waals surface area contributed by atoms with Gasteiger partial charge in [-0.15, -0.1) is 0 Å². The highest BCUT2D eigenvalue weighted by Gasteiger charge is 2.23. The van der Waals surface area contributed by atoms with Gasteiger partial charge in [0.2, 0.25) is 0 Å². The van der Waals surface area contributed by atoms with E-state index in [1.54, 1.807) is 0 Å². The molecule has 0 atom stereocenters. The molecule has 5 heteroatoms. The zero-order valence-electron chi connectivity index (χ0n) is 23.7. The molecule has 0 unspecified atom stereocenters. The molecule has 1 aliphatic carbocycles. The van der Waals surface area contributed by atoms with Crippen LogP contribution in [0.25, 0.3) is 0 Å². The smallest absolute Gasteiger partial charge is 0.306 e. The van der Waals surface area contributed by atoms with Gasteiger partial charge < -0.3 is 19.5 Å². The number of aldehydes is 1. The Labute approximate surface area is 223 Å². The van der Waals surface area contributed by atoms with E-state index >= 15 is 0 Å². The van der Waals surface area contributed by atoms with Crippen LogP contribution >= 0.6 is 0 Å². The lowest BCUT2D eigenvalue weighted by Crippen LogP contribution is -2.29. The van der Waals surface area contributed by atoms with Gasteiger partial charge in [-0.3, -0.25) is 4.79 Å². The molecule has 0 amide bonds. The summed E-state index contributed by atoms with van der Waals surface area (Å²) in [6, 6.07) is 0. The van der Waals surface area contributed by atoms with Gasteiger partial charge in [0.25, 0.3) is 0 Å². The SMILES string of the molecule is CCCCCC1CCC(OC(=O)CCCCCCCCCN(CCO)CCCCCCCC=O)CC1. The molecule has 1 rings (SSSR count). The Kier molecular flexibility index (Phi) is 22.4. The normalized spacial score (nSPS) is 18.0. The van der Waals surface area contributed by atoms with Gasteiger partial charge in [0.1, 0.15) is 12.4 Å². The first-order chi connectivity index (χ1) is 17.7. The van der Waals surface area contributed by atoms with Crippen LogP contribution in [0, 0.1) is 5.92 Å². The first-order valence-corrected chi connectivity index (χ1v) is 15.7. The van der Waals surface area contributed by atoms with E-state index < -0.39 is 0 Å². The van der Waals surface area contributed by atoms with Gasteiger partial charge in [0.15, 0.2) is 0 Å². The molecule has 0 aromatic carbocycles. The number of unbranched alkanes of at least 4 members (excludes halogenated alkanes) is 13. The van der Waals surface area contributed by atoms with Crippen LogP contribution in [0.2, 0.25) is 0 Å². The van der Waals surface area contributed by atoms with Crippen LogP contribution in [0.4, 0.5) is 0 Å². The van der Waals surface area contributed by atoms with E-state index in [-0.39, 0.29) is 18.7 Å². The molecule has 0 radical (unpaired) electrons. The number of esters is 1. The van der Waals surface area contributed by atoms with E-state index in [4.69, 9.17) is 4.74 Å². The molecule has 5 nitrogen and oxygen atoms in total. The molecule has 0 heterocycles. The Morgan fingerprint density at radius 2 is 1.36 bits per heavy atom. The standard InChI is InChI=1S/C31H59NO4/c1-2-3-13-18-29-20-22-30(23-21-29)36-31(35)19-14-9-5-4-6-10-15-24-32(26-28-34)25-16-11-7-8-12-17-27-33/h27,29-30,34H,2-26,28H2,1H3. The molecule has 1 aliphatic rings. The number of aliphatic hydroxyl groups excluding tert-OH is 1. The van der Waals surface area contributed by atoms with E-state index in [0.717, 1.165) is 70.4 Å². The summed E-state index contributed by atoms with van der Waals surface area (Å²) in [6.45, 7) is 5.44. The minimum absolute atomic E-state index is 0.0226. The zero-order valence-corrected chi connectivity index (χ0v) is 23.7. The van der Waals surface area contributed by atoms with Gasteiger partial charge >= 0.3 is 5.97 Å². The number of aliphatic hydroxyl groups is 1. The molecule has 0 spiro atoms. The fourth-order valence-electron chi connectivity index (χ4n) is 5.53.